The molecule has 1 N–H and O–H groups in total. The molecule has 4 nitrogen and oxygen atoms in total. The molecule has 2 fully saturated rings. The third-order valence-corrected chi connectivity index (χ3v) is 3.05. The third kappa shape index (κ3) is 2.45. The Balaban J connectivity index is 1.70. The van der Waals surface area contributed by atoms with Crippen LogP contribution in [0, 0.1) is 5.92 Å². The molecule has 1 atom stereocenters. The van der Waals surface area contributed by atoms with Crippen LogP contribution in [-0.4, -0.2) is 50.2 Å². The van der Waals surface area contributed by atoms with E-state index in [1.807, 2.05) is 4.90 Å². The van der Waals surface area contributed by atoms with Crippen LogP contribution in [0.3, 0.4) is 0 Å². The van der Waals surface area contributed by atoms with Gasteiger partial charge >= 0.3 is 0 Å². The highest BCUT2D eigenvalue weighted by Crippen LogP contribution is 2.13. The number of hydrogen-bond donors (Lipinski definition) is 1. The molecule has 2 saturated heterocycles. The first kappa shape index (κ1) is 9.93. The van der Waals surface area contributed by atoms with E-state index in [4.69, 9.17) is 4.74 Å². The maximum atomic E-state index is 11.4. The molecule has 0 spiro atoms. The summed E-state index contributed by atoms with van der Waals surface area (Å²) in [5.41, 5.74) is 0. The van der Waals surface area contributed by atoms with E-state index in [0.717, 1.165) is 38.5 Å². The lowest BCUT2D eigenvalue weighted by Crippen LogP contribution is -2.42. The van der Waals surface area contributed by atoms with Crippen LogP contribution >= 0.6 is 0 Å². The Morgan fingerprint density at radius 3 is 3.21 bits per heavy atom. The summed E-state index contributed by atoms with van der Waals surface area (Å²) >= 11 is 0. The minimum atomic E-state index is 0.155. The summed E-state index contributed by atoms with van der Waals surface area (Å²) in [6, 6.07) is 0. The van der Waals surface area contributed by atoms with Gasteiger partial charge in [-0.25, -0.2) is 0 Å². The lowest BCUT2D eigenvalue weighted by molar-refractivity contribution is -0.142. The van der Waals surface area contributed by atoms with Gasteiger partial charge in [-0.05, 0) is 31.8 Å². The average molecular weight is 198 g/mol. The number of ether oxygens (including phenoxy) is 1. The number of amides is 1. The maximum Gasteiger partial charge on any atom is 0.248 e. The monoisotopic (exact) mass is 198 g/mol. The van der Waals surface area contributed by atoms with Gasteiger partial charge in [-0.2, -0.15) is 0 Å². The largest absolute Gasteiger partial charge is 0.370 e. The first-order valence-electron chi connectivity index (χ1n) is 5.42. The molecule has 0 aromatic rings. The van der Waals surface area contributed by atoms with Gasteiger partial charge in [-0.1, -0.05) is 0 Å². The van der Waals surface area contributed by atoms with E-state index in [1.165, 1.54) is 6.42 Å². The van der Waals surface area contributed by atoms with Crippen LogP contribution in [0.4, 0.5) is 0 Å². The van der Waals surface area contributed by atoms with Crippen molar-refractivity contribution in [3.05, 3.63) is 0 Å². The van der Waals surface area contributed by atoms with Gasteiger partial charge in [0.15, 0.2) is 0 Å². The van der Waals surface area contributed by atoms with Gasteiger partial charge in [0.2, 0.25) is 5.91 Å². The quantitative estimate of drug-likeness (QED) is 0.685. The van der Waals surface area contributed by atoms with Crippen LogP contribution in [0.25, 0.3) is 0 Å². The number of nitrogens with one attached hydrogen (secondary N) is 1. The maximum absolute atomic E-state index is 11.4. The van der Waals surface area contributed by atoms with Crippen LogP contribution < -0.4 is 5.32 Å². The lowest BCUT2D eigenvalue weighted by Gasteiger charge is -2.27. The molecule has 14 heavy (non-hydrogen) atoms. The Bertz CT molecular complexity index is 202. The Morgan fingerprint density at radius 2 is 2.50 bits per heavy atom. The zero-order valence-electron chi connectivity index (χ0n) is 8.50. The van der Waals surface area contributed by atoms with E-state index in [2.05, 4.69) is 5.32 Å². The molecular weight excluding hydrogens is 180 g/mol. The molecule has 2 aliphatic heterocycles. The highest BCUT2D eigenvalue weighted by molar-refractivity contribution is 5.77. The number of carbonyl (C=O) groups is 1. The Labute approximate surface area is 84.6 Å². The van der Waals surface area contributed by atoms with E-state index in [9.17, 15) is 4.79 Å². The zero-order chi connectivity index (χ0) is 9.80. The first-order chi connectivity index (χ1) is 6.86. The summed E-state index contributed by atoms with van der Waals surface area (Å²) in [4.78, 5) is 13.3. The van der Waals surface area contributed by atoms with Crippen molar-refractivity contribution in [2.24, 2.45) is 5.92 Å². The number of hydrogen-bond acceptors (Lipinski definition) is 3. The summed E-state index contributed by atoms with van der Waals surface area (Å²) in [7, 11) is 0. The predicted octanol–water partition coefficient (Wildman–Crippen LogP) is -0.155. The Kier molecular flexibility index (Phi) is 3.37. The van der Waals surface area contributed by atoms with Crippen molar-refractivity contribution in [3.8, 4) is 0 Å². The fourth-order valence-corrected chi connectivity index (χ4v) is 2.09. The predicted molar refractivity (Wildman–Crippen MR) is 53.0 cm³/mol. The average Bonchev–Trinajstić information content (AvgIpc) is 2.69. The normalized spacial score (nSPS) is 28.4. The van der Waals surface area contributed by atoms with Crippen LogP contribution in [0.15, 0.2) is 0 Å². The van der Waals surface area contributed by atoms with E-state index in [-0.39, 0.29) is 12.5 Å². The summed E-state index contributed by atoms with van der Waals surface area (Å²) in [5.74, 6) is 0.924. The van der Waals surface area contributed by atoms with Crippen LogP contribution in [0.5, 0.6) is 0 Å². The topological polar surface area (TPSA) is 41.6 Å². The lowest BCUT2D eigenvalue weighted by atomic mass is 10.0. The van der Waals surface area contributed by atoms with Crippen molar-refractivity contribution < 1.29 is 9.53 Å². The molecule has 2 aliphatic rings. The Hall–Kier alpha value is -0.610. The van der Waals surface area contributed by atoms with Gasteiger partial charge in [0.25, 0.3) is 0 Å². The van der Waals surface area contributed by atoms with Gasteiger partial charge in [-0.15, -0.1) is 0 Å². The molecule has 80 valence electrons. The summed E-state index contributed by atoms with van der Waals surface area (Å²) in [6.45, 7) is 4.94. The fraction of sp³-hybridized carbons (Fsp3) is 0.900. The molecule has 1 unspecified atom stereocenters. The fourth-order valence-electron chi connectivity index (χ4n) is 2.09. The van der Waals surface area contributed by atoms with Gasteiger partial charge in [0.1, 0.15) is 6.61 Å². The van der Waals surface area contributed by atoms with Gasteiger partial charge in [0, 0.05) is 13.1 Å². The molecule has 0 aromatic heterocycles. The van der Waals surface area contributed by atoms with Gasteiger partial charge in [-0.3, -0.25) is 4.79 Å². The second-order valence-corrected chi connectivity index (χ2v) is 4.08. The second kappa shape index (κ2) is 4.75. The summed E-state index contributed by atoms with van der Waals surface area (Å²) in [5, 5.41) is 3.34. The third-order valence-electron chi connectivity index (χ3n) is 3.05. The standard InChI is InChI=1S/C10H18N2O2/c13-10-8-14-6-5-12(10)4-2-9-1-3-11-7-9/h9,11H,1-8H2. The molecule has 0 aliphatic carbocycles. The molecule has 0 bridgehead atoms. The van der Waals surface area contributed by atoms with E-state index in [0.29, 0.717) is 6.61 Å². The molecule has 0 aromatic carbocycles. The zero-order valence-corrected chi connectivity index (χ0v) is 8.50. The molecular formula is C10H18N2O2. The number of morpholine rings is 1. The SMILES string of the molecule is O=C1COCCN1CCC1CCNC1. The number of rotatable bonds is 3. The van der Waals surface area contributed by atoms with Crippen LogP contribution in [-0.2, 0) is 9.53 Å². The Morgan fingerprint density at radius 1 is 1.57 bits per heavy atom. The van der Waals surface area contributed by atoms with Crippen molar-refractivity contribution in [2.75, 3.05) is 39.4 Å². The summed E-state index contributed by atoms with van der Waals surface area (Å²) < 4.78 is 5.08. The van der Waals surface area contributed by atoms with E-state index < -0.39 is 0 Å². The van der Waals surface area contributed by atoms with Crippen molar-refractivity contribution in [1.82, 2.24) is 10.2 Å². The minimum Gasteiger partial charge on any atom is -0.370 e. The van der Waals surface area contributed by atoms with Crippen molar-refractivity contribution in [3.63, 3.8) is 0 Å². The van der Waals surface area contributed by atoms with E-state index in [1.54, 1.807) is 0 Å². The number of nitrogens with zero attached hydrogens (tertiary/aromatic N) is 1. The first-order valence-corrected chi connectivity index (χ1v) is 5.42. The van der Waals surface area contributed by atoms with Gasteiger partial charge < -0.3 is 15.0 Å². The smallest absolute Gasteiger partial charge is 0.248 e. The molecule has 1 amide bonds. The van der Waals surface area contributed by atoms with Crippen molar-refractivity contribution >= 4 is 5.91 Å². The molecule has 0 radical (unpaired) electrons. The van der Waals surface area contributed by atoms with Crippen molar-refractivity contribution in [1.29, 1.82) is 0 Å². The van der Waals surface area contributed by atoms with Crippen LogP contribution in [0.2, 0.25) is 0 Å². The highest BCUT2D eigenvalue weighted by Gasteiger charge is 2.20. The van der Waals surface area contributed by atoms with Crippen LogP contribution in [0.1, 0.15) is 12.8 Å². The molecule has 0 saturated carbocycles. The van der Waals surface area contributed by atoms with Gasteiger partial charge in [0.05, 0.1) is 6.61 Å². The molecule has 2 heterocycles. The summed E-state index contributed by atoms with van der Waals surface area (Å²) in [6.07, 6.45) is 2.40. The van der Waals surface area contributed by atoms with E-state index >= 15 is 0 Å². The number of carbonyl (C=O) groups excluding carboxylic acids is 1. The van der Waals surface area contributed by atoms with Crippen molar-refractivity contribution in [2.45, 2.75) is 12.8 Å². The second-order valence-electron chi connectivity index (χ2n) is 4.08. The highest BCUT2D eigenvalue weighted by atomic mass is 16.5. The molecule has 4 heteroatoms. The molecule has 2 rings (SSSR count). The minimum absolute atomic E-state index is 0.155.